The minimum absolute atomic E-state index is 0.470. The number of ether oxygens (including phenoxy) is 1. The van der Waals surface area contributed by atoms with Crippen LogP contribution in [-0.2, 0) is 10.2 Å². The molecule has 0 aromatic heterocycles. The molecule has 0 amide bonds. The van der Waals surface area contributed by atoms with Crippen LogP contribution in [0.2, 0.25) is 5.02 Å². The average Bonchev–Trinajstić information content (AvgIpc) is 2.79. The molecule has 0 spiro atoms. The molecular weight excluding hydrogens is 240 g/mol. The fourth-order valence-electron chi connectivity index (χ4n) is 2.57. The molecule has 0 radical (unpaired) electrons. The summed E-state index contributed by atoms with van der Waals surface area (Å²) in [6.45, 7) is 0. The van der Waals surface area contributed by atoms with E-state index in [1.165, 1.54) is 0 Å². The summed E-state index contributed by atoms with van der Waals surface area (Å²) < 4.78 is 5.08. The molecule has 1 aliphatic carbocycles. The molecule has 1 aromatic carbocycles. The van der Waals surface area contributed by atoms with Crippen molar-refractivity contribution in [1.82, 2.24) is 0 Å². The van der Waals surface area contributed by atoms with Crippen molar-refractivity contribution in [3.63, 3.8) is 0 Å². The maximum absolute atomic E-state index is 11.5. The molecule has 2 rings (SSSR count). The maximum Gasteiger partial charge on any atom is 0.314 e. The highest BCUT2D eigenvalue weighted by molar-refractivity contribution is 6.32. The van der Waals surface area contributed by atoms with Crippen molar-refractivity contribution >= 4 is 17.6 Å². The zero-order chi connectivity index (χ0) is 12.5. The van der Waals surface area contributed by atoms with Crippen LogP contribution in [0.3, 0.4) is 0 Å². The van der Waals surface area contributed by atoms with Gasteiger partial charge in [0, 0.05) is 0 Å². The summed E-state index contributed by atoms with van der Waals surface area (Å²) in [6.07, 6.45) is 3.28. The Bertz CT molecular complexity index is 436. The minimum Gasteiger partial charge on any atom is -0.495 e. The molecule has 0 unspecified atom stereocenters. The van der Waals surface area contributed by atoms with E-state index in [4.69, 9.17) is 16.3 Å². The summed E-state index contributed by atoms with van der Waals surface area (Å²) >= 11 is 6.06. The number of halogens is 1. The van der Waals surface area contributed by atoms with Gasteiger partial charge in [0.05, 0.1) is 17.5 Å². The number of carboxylic acid groups (broad SMARTS) is 1. The third kappa shape index (κ3) is 2.00. The van der Waals surface area contributed by atoms with Crippen molar-refractivity contribution in [2.45, 2.75) is 31.1 Å². The Morgan fingerprint density at radius 2 is 2.06 bits per heavy atom. The van der Waals surface area contributed by atoms with Crippen LogP contribution in [0, 0.1) is 0 Å². The second-order valence-corrected chi connectivity index (χ2v) is 4.85. The Morgan fingerprint density at radius 1 is 1.41 bits per heavy atom. The largest absolute Gasteiger partial charge is 0.495 e. The minimum atomic E-state index is -0.754. The zero-order valence-corrected chi connectivity index (χ0v) is 10.5. The second-order valence-electron chi connectivity index (χ2n) is 4.44. The first kappa shape index (κ1) is 12.2. The number of methoxy groups -OCH3 is 1. The molecule has 1 saturated carbocycles. The zero-order valence-electron chi connectivity index (χ0n) is 9.70. The lowest BCUT2D eigenvalue weighted by atomic mass is 9.79. The van der Waals surface area contributed by atoms with Crippen molar-refractivity contribution in [2.24, 2.45) is 0 Å². The van der Waals surface area contributed by atoms with Crippen LogP contribution in [0.5, 0.6) is 5.75 Å². The molecule has 1 N–H and O–H groups in total. The third-order valence-electron chi connectivity index (χ3n) is 3.57. The van der Waals surface area contributed by atoms with Crippen molar-refractivity contribution in [1.29, 1.82) is 0 Å². The number of aliphatic carboxylic acids is 1. The average molecular weight is 255 g/mol. The molecule has 1 aliphatic rings. The van der Waals surface area contributed by atoms with E-state index in [-0.39, 0.29) is 0 Å². The van der Waals surface area contributed by atoms with Crippen molar-refractivity contribution < 1.29 is 14.6 Å². The molecule has 1 fully saturated rings. The molecule has 1 aromatic rings. The number of carbonyl (C=O) groups is 1. The van der Waals surface area contributed by atoms with Crippen LogP contribution < -0.4 is 4.74 Å². The highest BCUT2D eigenvalue weighted by atomic mass is 35.5. The van der Waals surface area contributed by atoms with Gasteiger partial charge in [0.25, 0.3) is 0 Å². The van der Waals surface area contributed by atoms with Gasteiger partial charge in [-0.1, -0.05) is 30.5 Å². The summed E-state index contributed by atoms with van der Waals surface area (Å²) in [5.74, 6) is -0.176. The van der Waals surface area contributed by atoms with Crippen LogP contribution in [0.4, 0.5) is 0 Å². The number of hydrogen-bond acceptors (Lipinski definition) is 2. The van der Waals surface area contributed by atoms with Crippen molar-refractivity contribution in [3.05, 3.63) is 28.8 Å². The van der Waals surface area contributed by atoms with Gasteiger partial charge in [-0.15, -0.1) is 0 Å². The third-order valence-corrected chi connectivity index (χ3v) is 3.87. The van der Waals surface area contributed by atoms with Gasteiger partial charge in [-0.3, -0.25) is 4.79 Å². The molecule has 0 bridgehead atoms. The lowest BCUT2D eigenvalue weighted by Gasteiger charge is -2.24. The highest BCUT2D eigenvalue weighted by Gasteiger charge is 2.43. The number of hydrogen-bond donors (Lipinski definition) is 1. The van der Waals surface area contributed by atoms with E-state index >= 15 is 0 Å². The van der Waals surface area contributed by atoms with Gasteiger partial charge in [-0.05, 0) is 30.5 Å². The molecule has 0 saturated heterocycles. The molecular formula is C13H15ClO3. The van der Waals surface area contributed by atoms with E-state index in [2.05, 4.69) is 0 Å². The van der Waals surface area contributed by atoms with Crippen LogP contribution in [-0.4, -0.2) is 18.2 Å². The standard InChI is InChI=1S/C13H15ClO3/c1-17-11-5-4-9(8-10(11)14)13(12(15)16)6-2-3-7-13/h4-5,8H,2-3,6-7H2,1H3,(H,15,16). The summed E-state index contributed by atoms with van der Waals surface area (Å²) in [4.78, 5) is 11.5. The first-order chi connectivity index (χ1) is 8.10. The van der Waals surface area contributed by atoms with Crippen LogP contribution in [0.25, 0.3) is 0 Å². The van der Waals surface area contributed by atoms with Gasteiger partial charge in [0.2, 0.25) is 0 Å². The van der Waals surface area contributed by atoms with Gasteiger partial charge >= 0.3 is 5.97 Å². The van der Waals surface area contributed by atoms with Gasteiger partial charge in [-0.2, -0.15) is 0 Å². The predicted molar refractivity (Wildman–Crippen MR) is 65.8 cm³/mol. The Balaban J connectivity index is 2.44. The topological polar surface area (TPSA) is 46.5 Å². The van der Waals surface area contributed by atoms with Crippen LogP contribution in [0.1, 0.15) is 31.2 Å². The van der Waals surface area contributed by atoms with Crippen LogP contribution in [0.15, 0.2) is 18.2 Å². The molecule has 17 heavy (non-hydrogen) atoms. The Labute approximate surface area is 105 Å². The van der Waals surface area contributed by atoms with E-state index in [0.717, 1.165) is 18.4 Å². The smallest absolute Gasteiger partial charge is 0.314 e. The van der Waals surface area contributed by atoms with Gasteiger partial charge < -0.3 is 9.84 Å². The van der Waals surface area contributed by atoms with E-state index in [9.17, 15) is 9.90 Å². The predicted octanol–water partition coefficient (Wildman–Crippen LogP) is 3.25. The second kappa shape index (κ2) is 4.57. The van der Waals surface area contributed by atoms with Crippen LogP contribution >= 0.6 is 11.6 Å². The molecule has 0 aliphatic heterocycles. The van der Waals surface area contributed by atoms with Gasteiger partial charge in [0.1, 0.15) is 5.75 Å². The van der Waals surface area contributed by atoms with E-state index in [1.54, 1.807) is 19.2 Å². The normalized spacial score (nSPS) is 18.0. The monoisotopic (exact) mass is 254 g/mol. The lowest BCUT2D eigenvalue weighted by molar-refractivity contribution is -0.143. The summed E-state index contributed by atoms with van der Waals surface area (Å²) in [5.41, 5.74) is 0.0314. The number of rotatable bonds is 3. The molecule has 0 atom stereocenters. The summed E-state index contributed by atoms with van der Waals surface area (Å²) in [6, 6.07) is 5.27. The van der Waals surface area contributed by atoms with E-state index in [1.807, 2.05) is 6.07 Å². The fourth-order valence-corrected chi connectivity index (χ4v) is 2.83. The maximum atomic E-state index is 11.5. The summed E-state index contributed by atoms with van der Waals surface area (Å²) in [7, 11) is 1.55. The summed E-state index contributed by atoms with van der Waals surface area (Å²) in [5, 5.41) is 9.93. The first-order valence-electron chi connectivity index (χ1n) is 5.67. The lowest BCUT2D eigenvalue weighted by Crippen LogP contribution is -2.32. The Kier molecular flexibility index (Phi) is 3.29. The molecule has 4 heteroatoms. The van der Waals surface area contributed by atoms with Crippen molar-refractivity contribution in [3.8, 4) is 5.75 Å². The van der Waals surface area contributed by atoms with Crippen molar-refractivity contribution in [2.75, 3.05) is 7.11 Å². The molecule has 3 nitrogen and oxygen atoms in total. The highest BCUT2D eigenvalue weighted by Crippen LogP contribution is 2.43. The fraction of sp³-hybridized carbons (Fsp3) is 0.462. The van der Waals surface area contributed by atoms with Gasteiger partial charge in [-0.25, -0.2) is 0 Å². The quantitative estimate of drug-likeness (QED) is 0.901. The Hall–Kier alpha value is -1.22. The molecule has 0 heterocycles. The van der Waals surface area contributed by atoms with E-state index in [0.29, 0.717) is 23.6 Å². The number of carboxylic acids is 1. The first-order valence-corrected chi connectivity index (χ1v) is 6.05. The SMILES string of the molecule is COc1ccc(C2(C(=O)O)CCCC2)cc1Cl. The number of benzene rings is 1. The van der Waals surface area contributed by atoms with Gasteiger partial charge in [0.15, 0.2) is 0 Å². The van der Waals surface area contributed by atoms with E-state index < -0.39 is 11.4 Å². The Morgan fingerprint density at radius 3 is 2.53 bits per heavy atom. The molecule has 92 valence electrons.